The van der Waals surface area contributed by atoms with Crippen LogP contribution in [0, 0.1) is 5.92 Å². The van der Waals surface area contributed by atoms with Gasteiger partial charge >= 0.3 is 0 Å². The summed E-state index contributed by atoms with van der Waals surface area (Å²) in [5, 5.41) is 0. The van der Waals surface area contributed by atoms with Gasteiger partial charge in [-0.2, -0.15) is 0 Å². The van der Waals surface area contributed by atoms with Crippen molar-refractivity contribution in [1.82, 2.24) is 9.88 Å². The summed E-state index contributed by atoms with van der Waals surface area (Å²) in [6.07, 6.45) is 7.77. The maximum atomic E-state index is 12.9. The molecule has 0 unspecified atom stereocenters. The molecule has 0 N–H and O–H groups in total. The van der Waals surface area contributed by atoms with Gasteiger partial charge in [-0.25, -0.2) is 0 Å². The zero-order valence-corrected chi connectivity index (χ0v) is 14.3. The second-order valence-corrected chi connectivity index (χ2v) is 6.84. The molecule has 1 aromatic heterocycles. The molecule has 3 nitrogen and oxygen atoms in total. The Morgan fingerprint density at radius 1 is 1.26 bits per heavy atom. The van der Waals surface area contributed by atoms with Crippen molar-refractivity contribution in [2.45, 2.75) is 24.3 Å². The van der Waals surface area contributed by atoms with Crippen molar-refractivity contribution >= 4 is 17.5 Å². The van der Waals surface area contributed by atoms with E-state index in [1.54, 1.807) is 11.8 Å². The summed E-state index contributed by atoms with van der Waals surface area (Å²) in [7, 11) is 0. The average Bonchev–Trinajstić information content (AvgIpc) is 2.62. The van der Waals surface area contributed by atoms with E-state index in [-0.39, 0.29) is 5.92 Å². The summed E-state index contributed by atoms with van der Waals surface area (Å²) >= 11 is 1.65. The maximum absolute atomic E-state index is 12.9. The Balaban J connectivity index is 1.69. The van der Waals surface area contributed by atoms with E-state index in [1.165, 1.54) is 5.56 Å². The van der Waals surface area contributed by atoms with E-state index in [9.17, 15) is 4.79 Å². The fraction of sp³-hybridized carbons (Fsp3) is 0.368. The Morgan fingerprint density at radius 2 is 2.04 bits per heavy atom. The van der Waals surface area contributed by atoms with Crippen molar-refractivity contribution in [2.24, 2.45) is 5.92 Å². The quantitative estimate of drug-likeness (QED) is 0.616. The number of pyridine rings is 1. The first-order valence-corrected chi connectivity index (χ1v) is 9.29. The van der Waals surface area contributed by atoms with Gasteiger partial charge in [0.25, 0.3) is 0 Å². The molecule has 0 aliphatic carbocycles. The normalized spacial score (nSPS) is 18.7. The number of hydrogen-bond acceptors (Lipinski definition) is 4. The van der Waals surface area contributed by atoms with Crippen molar-refractivity contribution in [2.75, 3.05) is 19.3 Å². The molecule has 1 aromatic carbocycles. The van der Waals surface area contributed by atoms with Gasteiger partial charge in [-0.15, -0.1) is 11.8 Å². The first kappa shape index (κ1) is 16.2. The first-order chi connectivity index (χ1) is 11.3. The van der Waals surface area contributed by atoms with Crippen LogP contribution in [0.1, 0.15) is 28.8 Å². The summed E-state index contributed by atoms with van der Waals surface area (Å²) in [6.45, 7) is 2.82. The van der Waals surface area contributed by atoms with E-state index in [2.05, 4.69) is 22.0 Å². The number of ketones is 1. The molecule has 2 heterocycles. The number of rotatable bonds is 5. The molecule has 1 fully saturated rings. The third-order valence-electron chi connectivity index (χ3n) is 4.40. The van der Waals surface area contributed by atoms with Gasteiger partial charge in [-0.05, 0) is 49.4 Å². The molecule has 120 valence electrons. The van der Waals surface area contributed by atoms with Crippen LogP contribution in [0.15, 0.2) is 53.7 Å². The lowest BCUT2D eigenvalue weighted by atomic mass is 9.90. The number of Topliss-reactive ketones (excluding diaryl/α,β-unsaturated/α-hetero) is 1. The second-order valence-electron chi connectivity index (χ2n) is 5.99. The molecule has 1 atom stereocenters. The number of carbonyl (C=O) groups is 1. The Bertz CT molecular complexity index is 659. The summed E-state index contributed by atoms with van der Waals surface area (Å²) in [5.41, 5.74) is 2.15. The zero-order chi connectivity index (χ0) is 16.1. The van der Waals surface area contributed by atoms with Crippen LogP contribution >= 0.6 is 11.8 Å². The summed E-state index contributed by atoms with van der Waals surface area (Å²) in [4.78, 5) is 20.5. The van der Waals surface area contributed by atoms with Crippen molar-refractivity contribution in [3.8, 4) is 0 Å². The van der Waals surface area contributed by atoms with Crippen molar-refractivity contribution < 1.29 is 4.79 Å². The molecule has 1 saturated heterocycles. The zero-order valence-electron chi connectivity index (χ0n) is 13.4. The van der Waals surface area contributed by atoms with E-state index < -0.39 is 0 Å². The molecule has 0 radical (unpaired) electrons. The lowest BCUT2D eigenvalue weighted by Crippen LogP contribution is -2.38. The van der Waals surface area contributed by atoms with Gasteiger partial charge in [0, 0.05) is 41.9 Å². The Hall–Kier alpha value is -1.65. The van der Waals surface area contributed by atoms with Crippen LogP contribution < -0.4 is 0 Å². The number of nitrogens with zero attached hydrogens (tertiary/aromatic N) is 2. The Kier molecular flexibility index (Phi) is 5.47. The maximum Gasteiger partial charge on any atom is 0.168 e. The van der Waals surface area contributed by atoms with Crippen LogP contribution in [-0.2, 0) is 6.54 Å². The molecule has 0 amide bonds. The van der Waals surface area contributed by atoms with Crippen LogP contribution in [0.4, 0.5) is 0 Å². The minimum Gasteiger partial charge on any atom is -0.298 e. The predicted octanol–water partition coefficient (Wildman–Crippen LogP) is 3.90. The average molecular weight is 326 g/mol. The van der Waals surface area contributed by atoms with Gasteiger partial charge in [0.05, 0.1) is 0 Å². The SMILES string of the molecule is CSc1ccccc1C(=O)[C@H]1CCCN(Cc2ccncc2)C1. The van der Waals surface area contributed by atoms with Gasteiger partial charge in [-0.3, -0.25) is 14.7 Å². The smallest absolute Gasteiger partial charge is 0.168 e. The molecular formula is C19H22N2OS. The highest BCUT2D eigenvalue weighted by Crippen LogP contribution is 2.27. The molecule has 3 rings (SSSR count). The molecule has 0 spiro atoms. The highest BCUT2D eigenvalue weighted by molar-refractivity contribution is 7.98. The van der Waals surface area contributed by atoms with E-state index in [0.29, 0.717) is 5.78 Å². The summed E-state index contributed by atoms with van der Waals surface area (Å²) in [6, 6.07) is 12.1. The van der Waals surface area contributed by atoms with Crippen LogP contribution in [0.5, 0.6) is 0 Å². The second kappa shape index (κ2) is 7.75. The molecule has 1 aliphatic rings. The van der Waals surface area contributed by atoms with Gasteiger partial charge in [-0.1, -0.05) is 18.2 Å². The lowest BCUT2D eigenvalue weighted by Gasteiger charge is -2.32. The minimum absolute atomic E-state index is 0.110. The third kappa shape index (κ3) is 4.01. The highest BCUT2D eigenvalue weighted by Gasteiger charge is 2.27. The summed E-state index contributed by atoms with van der Waals surface area (Å²) < 4.78 is 0. The first-order valence-electron chi connectivity index (χ1n) is 8.06. The largest absolute Gasteiger partial charge is 0.298 e. The Morgan fingerprint density at radius 3 is 2.83 bits per heavy atom. The molecule has 2 aromatic rings. The van der Waals surface area contributed by atoms with E-state index >= 15 is 0 Å². The van der Waals surface area contributed by atoms with Crippen molar-refractivity contribution in [3.05, 3.63) is 59.9 Å². The van der Waals surface area contributed by atoms with Crippen LogP contribution in [0.25, 0.3) is 0 Å². The highest BCUT2D eigenvalue weighted by atomic mass is 32.2. The number of piperidine rings is 1. The molecule has 1 aliphatic heterocycles. The van der Waals surface area contributed by atoms with Crippen molar-refractivity contribution in [3.63, 3.8) is 0 Å². The predicted molar refractivity (Wildman–Crippen MR) is 94.8 cm³/mol. The minimum atomic E-state index is 0.110. The number of hydrogen-bond donors (Lipinski definition) is 0. The number of benzene rings is 1. The van der Waals surface area contributed by atoms with Crippen LogP contribution in [-0.4, -0.2) is 35.0 Å². The van der Waals surface area contributed by atoms with Gasteiger partial charge in [0.15, 0.2) is 5.78 Å². The molecule has 4 heteroatoms. The van der Waals surface area contributed by atoms with E-state index in [4.69, 9.17) is 0 Å². The van der Waals surface area contributed by atoms with Gasteiger partial charge in [0.2, 0.25) is 0 Å². The van der Waals surface area contributed by atoms with E-state index in [0.717, 1.165) is 42.9 Å². The number of aromatic nitrogens is 1. The topological polar surface area (TPSA) is 33.2 Å². The number of thioether (sulfide) groups is 1. The monoisotopic (exact) mass is 326 g/mol. The fourth-order valence-electron chi connectivity index (χ4n) is 3.23. The van der Waals surface area contributed by atoms with Crippen LogP contribution in [0.2, 0.25) is 0 Å². The van der Waals surface area contributed by atoms with Gasteiger partial charge in [0.1, 0.15) is 0 Å². The number of carbonyl (C=O) groups excluding carboxylic acids is 1. The van der Waals surface area contributed by atoms with E-state index in [1.807, 2.05) is 42.9 Å². The van der Waals surface area contributed by atoms with Crippen molar-refractivity contribution in [1.29, 1.82) is 0 Å². The standard InChI is InChI=1S/C19H22N2OS/c1-23-18-7-3-2-6-17(18)19(22)16-5-4-12-21(14-16)13-15-8-10-20-11-9-15/h2-3,6-11,16H,4-5,12-14H2,1H3/t16-/m0/s1. The lowest BCUT2D eigenvalue weighted by molar-refractivity contribution is 0.0808. The fourth-order valence-corrected chi connectivity index (χ4v) is 3.83. The molecule has 0 bridgehead atoms. The van der Waals surface area contributed by atoms with Gasteiger partial charge < -0.3 is 0 Å². The van der Waals surface area contributed by atoms with Crippen LogP contribution in [0.3, 0.4) is 0 Å². The molecule has 23 heavy (non-hydrogen) atoms. The molecule has 0 saturated carbocycles. The molecular weight excluding hydrogens is 304 g/mol. The third-order valence-corrected chi connectivity index (χ3v) is 5.20. The Labute approximate surface area is 142 Å². The summed E-state index contributed by atoms with van der Waals surface area (Å²) in [5.74, 6) is 0.410. The number of likely N-dealkylation sites (tertiary alicyclic amines) is 1.